The number of phosphoric acid groups is 1. The summed E-state index contributed by atoms with van der Waals surface area (Å²) in [6.45, 7) is 4.76. The summed E-state index contributed by atoms with van der Waals surface area (Å²) in [6.07, 6.45) is 80.7. The van der Waals surface area contributed by atoms with Crippen LogP contribution in [-0.2, 0) is 18.4 Å². The van der Waals surface area contributed by atoms with E-state index >= 15 is 0 Å². The molecule has 1 amide bonds. The van der Waals surface area contributed by atoms with Gasteiger partial charge in [0.2, 0.25) is 5.91 Å². The van der Waals surface area contributed by atoms with Crippen LogP contribution in [0.15, 0.2) is 36.5 Å². The van der Waals surface area contributed by atoms with E-state index in [4.69, 9.17) is 9.05 Å². The number of phosphoric ester groups is 1. The number of hydrogen-bond donors (Lipinski definition) is 2. The Kier molecular flexibility index (Phi) is 60.3. The number of rotatable bonds is 65. The highest BCUT2D eigenvalue weighted by Gasteiger charge is 2.24. The van der Waals surface area contributed by atoms with Gasteiger partial charge in [-0.05, 0) is 51.4 Å². The van der Waals surface area contributed by atoms with Crippen molar-refractivity contribution in [3.63, 3.8) is 0 Å². The van der Waals surface area contributed by atoms with E-state index in [-0.39, 0.29) is 19.1 Å². The van der Waals surface area contributed by atoms with Crippen molar-refractivity contribution < 1.29 is 32.9 Å². The standard InChI is InChI=1S/C70H137N2O6P/c1-6-8-10-12-14-16-18-20-22-24-26-28-30-32-34-36-38-40-42-44-46-48-50-52-54-56-58-60-62-64-70(74)71-68(67-78-79(75,76)77-66-65-72(3,4)5)69(73)63-61-59-57-55-53-51-49-47-45-43-41-39-37-35-33-31-29-27-25-23-21-19-17-15-13-11-9-7-2/h18,20,24,26,30,32,68-69,73H,6-17,19,21-23,25,27-29,31,33-67H2,1-5H3,(H-,71,74,75,76)/b20-18-,26-24-,32-30-. The molecule has 0 aromatic heterocycles. The van der Waals surface area contributed by atoms with Crippen LogP contribution in [0.4, 0.5) is 0 Å². The molecule has 79 heavy (non-hydrogen) atoms. The summed E-state index contributed by atoms with van der Waals surface area (Å²) in [6, 6.07) is -0.803. The molecule has 0 aromatic rings. The highest BCUT2D eigenvalue weighted by Crippen LogP contribution is 2.38. The Labute approximate surface area is 493 Å². The number of unbranched alkanes of at least 4 members (excludes halogenated alkanes) is 46. The Morgan fingerprint density at radius 1 is 0.443 bits per heavy atom. The van der Waals surface area contributed by atoms with Crippen molar-refractivity contribution in [3.8, 4) is 0 Å². The van der Waals surface area contributed by atoms with Crippen molar-refractivity contribution in [3.05, 3.63) is 36.5 Å². The lowest BCUT2D eigenvalue weighted by molar-refractivity contribution is -0.870. The summed E-state index contributed by atoms with van der Waals surface area (Å²) >= 11 is 0. The highest BCUT2D eigenvalue weighted by molar-refractivity contribution is 7.45. The van der Waals surface area contributed by atoms with E-state index in [1.54, 1.807) is 0 Å². The number of quaternary nitrogens is 1. The lowest BCUT2D eigenvalue weighted by Crippen LogP contribution is -2.46. The molecular formula is C70H137N2O6P. The van der Waals surface area contributed by atoms with Gasteiger partial charge in [0.1, 0.15) is 13.2 Å². The smallest absolute Gasteiger partial charge is 0.268 e. The van der Waals surface area contributed by atoms with Crippen LogP contribution in [0.3, 0.4) is 0 Å². The third-order valence-corrected chi connectivity index (χ3v) is 17.1. The van der Waals surface area contributed by atoms with Crippen LogP contribution in [0.1, 0.15) is 354 Å². The molecule has 3 atom stereocenters. The zero-order chi connectivity index (χ0) is 57.7. The van der Waals surface area contributed by atoms with E-state index in [1.165, 1.54) is 276 Å². The molecule has 0 aromatic carbocycles. The molecular weight excluding hydrogens is 996 g/mol. The van der Waals surface area contributed by atoms with Gasteiger partial charge in [-0.2, -0.15) is 0 Å². The van der Waals surface area contributed by atoms with E-state index in [9.17, 15) is 19.4 Å². The predicted molar refractivity (Wildman–Crippen MR) is 344 cm³/mol. The maximum atomic E-state index is 13.1. The number of aliphatic hydroxyl groups is 1. The first-order chi connectivity index (χ1) is 38.5. The van der Waals surface area contributed by atoms with Crippen LogP contribution in [-0.4, -0.2) is 68.5 Å². The normalized spacial score (nSPS) is 13.9. The van der Waals surface area contributed by atoms with E-state index in [1.807, 2.05) is 21.1 Å². The van der Waals surface area contributed by atoms with Crippen molar-refractivity contribution in [1.82, 2.24) is 5.32 Å². The SMILES string of the molecule is CCCCCCC/C=C\C/C=C\C/C=C\CCCCCCCCCCCCCCCCC(=O)NC(COP(=O)([O-])OCC[N+](C)(C)C)C(O)CCCCCCCCCCCCCCCCCCCCCCCCCCCCCC. The fourth-order valence-corrected chi connectivity index (χ4v) is 11.4. The average molecular weight is 1130 g/mol. The summed E-state index contributed by atoms with van der Waals surface area (Å²) in [5, 5.41) is 14.1. The number of amides is 1. The highest BCUT2D eigenvalue weighted by atomic mass is 31.2. The zero-order valence-electron chi connectivity index (χ0n) is 53.6. The Bertz CT molecular complexity index is 1380. The summed E-state index contributed by atoms with van der Waals surface area (Å²) in [5.74, 6) is -0.160. The van der Waals surface area contributed by atoms with Crippen molar-refractivity contribution in [1.29, 1.82) is 0 Å². The fraction of sp³-hybridized carbons (Fsp3) is 0.900. The minimum Gasteiger partial charge on any atom is -0.756 e. The Morgan fingerprint density at radius 3 is 1.06 bits per heavy atom. The van der Waals surface area contributed by atoms with Crippen LogP contribution < -0.4 is 10.2 Å². The molecule has 8 nitrogen and oxygen atoms in total. The van der Waals surface area contributed by atoms with E-state index < -0.39 is 20.0 Å². The Balaban J connectivity index is 4.03. The summed E-state index contributed by atoms with van der Waals surface area (Å²) in [5.41, 5.74) is 0. The van der Waals surface area contributed by atoms with E-state index in [2.05, 4.69) is 55.6 Å². The minimum atomic E-state index is -4.58. The number of hydrogen-bond acceptors (Lipinski definition) is 6. The number of carbonyl (C=O) groups is 1. The molecule has 0 aliphatic carbocycles. The summed E-state index contributed by atoms with van der Waals surface area (Å²) in [7, 11) is 1.32. The van der Waals surface area contributed by atoms with Gasteiger partial charge in [-0.15, -0.1) is 0 Å². The second-order valence-electron chi connectivity index (χ2n) is 25.2. The third kappa shape index (κ3) is 64.1. The lowest BCUT2D eigenvalue weighted by Gasteiger charge is -2.30. The van der Waals surface area contributed by atoms with Crippen molar-refractivity contribution in [2.24, 2.45) is 0 Å². The summed E-state index contributed by atoms with van der Waals surface area (Å²) in [4.78, 5) is 25.7. The van der Waals surface area contributed by atoms with Crippen molar-refractivity contribution in [2.75, 3.05) is 40.9 Å². The van der Waals surface area contributed by atoms with Crippen LogP contribution >= 0.6 is 7.82 Å². The molecule has 9 heteroatoms. The zero-order valence-corrected chi connectivity index (χ0v) is 54.5. The minimum absolute atomic E-state index is 0.0132. The van der Waals surface area contributed by atoms with Crippen molar-refractivity contribution >= 4 is 13.7 Å². The van der Waals surface area contributed by atoms with Gasteiger partial charge in [0.05, 0.1) is 39.9 Å². The molecule has 3 unspecified atom stereocenters. The van der Waals surface area contributed by atoms with Gasteiger partial charge >= 0.3 is 0 Å². The lowest BCUT2D eigenvalue weighted by atomic mass is 10.0. The number of nitrogens with zero attached hydrogens (tertiary/aromatic N) is 1. The van der Waals surface area contributed by atoms with Gasteiger partial charge in [-0.25, -0.2) is 0 Å². The monoisotopic (exact) mass is 1130 g/mol. The largest absolute Gasteiger partial charge is 0.756 e. The van der Waals surface area contributed by atoms with E-state index in [0.29, 0.717) is 23.9 Å². The molecule has 0 saturated carbocycles. The number of allylic oxidation sites excluding steroid dienone is 6. The molecule has 0 radical (unpaired) electrons. The van der Waals surface area contributed by atoms with Gasteiger partial charge in [0.25, 0.3) is 7.82 Å². The quantitative estimate of drug-likeness (QED) is 0.0272. The first-order valence-corrected chi connectivity index (χ1v) is 36.3. The second-order valence-corrected chi connectivity index (χ2v) is 26.7. The maximum Gasteiger partial charge on any atom is 0.268 e. The second kappa shape index (κ2) is 61.3. The van der Waals surface area contributed by atoms with Crippen LogP contribution in [0.2, 0.25) is 0 Å². The van der Waals surface area contributed by atoms with Gasteiger partial charge in [-0.1, -0.05) is 333 Å². The topological polar surface area (TPSA) is 108 Å². The van der Waals surface area contributed by atoms with Crippen molar-refractivity contribution in [2.45, 2.75) is 366 Å². The third-order valence-electron chi connectivity index (χ3n) is 16.1. The van der Waals surface area contributed by atoms with Crippen LogP contribution in [0, 0.1) is 0 Å². The molecule has 468 valence electrons. The van der Waals surface area contributed by atoms with Crippen LogP contribution in [0.5, 0.6) is 0 Å². The average Bonchev–Trinajstić information content (AvgIpc) is 3.42. The molecule has 0 aliphatic rings. The van der Waals surface area contributed by atoms with Gasteiger partial charge in [0, 0.05) is 6.42 Å². The predicted octanol–water partition coefficient (Wildman–Crippen LogP) is 21.4. The molecule has 0 fully saturated rings. The number of carbonyl (C=O) groups excluding carboxylic acids is 1. The molecule has 2 N–H and O–H groups in total. The number of likely N-dealkylation sites (N-methyl/N-ethyl adjacent to an activating group) is 1. The molecule has 0 rings (SSSR count). The Morgan fingerprint density at radius 2 is 0.734 bits per heavy atom. The molecule has 0 saturated heterocycles. The van der Waals surface area contributed by atoms with E-state index in [0.717, 1.165) is 51.4 Å². The maximum absolute atomic E-state index is 13.1. The molecule has 0 aliphatic heterocycles. The first-order valence-electron chi connectivity index (χ1n) is 34.8. The van der Waals surface area contributed by atoms with Crippen LogP contribution in [0.25, 0.3) is 0 Å². The first kappa shape index (κ1) is 77.7. The Hall–Kier alpha value is -1.28. The van der Waals surface area contributed by atoms with Gasteiger partial charge in [-0.3, -0.25) is 9.36 Å². The molecule has 0 heterocycles. The molecule has 0 bridgehead atoms. The number of nitrogens with one attached hydrogen (secondary N) is 1. The number of aliphatic hydroxyl groups excluding tert-OH is 1. The molecule has 0 spiro atoms. The fourth-order valence-electron chi connectivity index (χ4n) is 10.7. The summed E-state index contributed by atoms with van der Waals surface area (Å²) < 4.78 is 23.5. The van der Waals surface area contributed by atoms with Gasteiger partial charge in [0.15, 0.2) is 0 Å². The van der Waals surface area contributed by atoms with Gasteiger partial charge < -0.3 is 28.8 Å².